The van der Waals surface area contributed by atoms with Gasteiger partial charge in [0.2, 0.25) is 0 Å². The minimum atomic E-state index is -0.654. The van der Waals surface area contributed by atoms with Crippen molar-refractivity contribution in [1.29, 1.82) is 0 Å². The number of nitrogens with zero attached hydrogens (tertiary/aromatic N) is 3. The van der Waals surface area contributed by atoms with Crippen molar-refractivity contribution in [2.24, 2.45) is 10.2 Å². The number of nitrogens with one attached hydrogen (secondary N) is 1. The predicted molar refractivity (Wildman–Crippen MR) is 115 cm³/mol. The van der Waals surface area contributed by atoms with Crippen LogP contribution in [0.3, 0.4) is 0 Å². The standard InChI is InChI=1S/C19H14N4O5S2/c1-28-17(24)10-16-18(25)21-19(30-16)22-20-11-12-7-8-15(14(9-12)23(26)27)29-13-5-3-2-4-6-13/h2-11H,1H3,(H,21,22,25)/b16-10+,20-11?. The SMILES string of the molecule is COC(=O)/C=C1/S/C(=N\N=Cc2ccc(Sc3ccccc3)c([N+](=O)[O-])c2)NC1=O. The van der Waals surface area contributed by atoms with Gasteiger partial charge in [0.1, 0.15) is 0 Å². The summed E-state index contributed by atoms with van der Waals surface area (Å²) < 4.78 is 4.48. The quantitative estimate of drug-likeness (QED) is 0.239. The highest BCUT2D eigenvalue weighted by atomic mass is 32.2. The number of benzene rings is 2. The third kappa shape index (κ3) is 5.55. The summed E-state index contributed by atoms with van der Waals surface area (Å²) in [6.45, 7) is 0. The molecule has 0 bridgehead atoms. The summed E-state index contributed by atoms with van der Waals surface area (Å²) in [6.07, 6.45) is 2.39. The number of nitro benzene ring substituents is 1. The van der Waals surface area contributed by atoms with Gasteiger partial charge in [0, 0.05) is 22.6 Å². The molecule has 0 unspecified atom stereocenters. The minimum absolute atomic E-state index is 0.0488. The number of thioether (sulfide) groups is 1. The molecule has 1 aliphatic rings. The number of hydrogen-bond donors (Lipinski definition) is 1. The zero-order valence-electron chi connectivity index (χ0n) is 15.5. The number of ether oxygens (including phenoxy) is 1. The highest BCUT2D eigenvalue weighted by Gasteiger charge is 2.25. The van der Waals surface area contributed by atoms with E-state index in [2.05, 4.69) is 20.3 Å². The molecule has 1 saturated heterocycles. The van der Waals surface area contributed by atoms with Crippen molar-refractivity contribution in [3.63, 3.8) is 0 Å². The fourth-order valence-electron chi connectivity index (χ4n) is 2.25. The van der Waals surface area contributed by atoms with Crippen LogP contribution in [-0.4, -0.2) is 35.3 Å². The number of amidine groups is 1. The van der Waals surface area contributed by atoms with Crippen LogP contribution in [0.1, 0.15) is 5.56 Å². The largest absolute Gasteiger partial charge is 0.466 e. The predicted octanol–water partition coefficient (Wildman–Crippen LogP) is 3.36. The van der Waals surface area contributed by atoms with E-state index in [0.717, 1.165) is 22.7 Å². The molecule has 1 heterocycles. The Morgan fingerprint density at radius 2 is 2.03 bits per heavy atom. The molecule has 1 aliphatic heterocycles. The van der Waals surface area contributed by atoms with Gasteiger partial charge in [-0.1, -0.05) is 36.0 Å². The molecule has 0 aliphatic carbocycles. The zero-order chi connectivity index (χ0) is 21.5. The Balaban J connectivity index is 1.74. The third-order valence-electron chi connectivity index (χ3n) is 3.61. The van der Waals surface area contributed by atoms with Crippen molar-refractivity contribution in [3.8, 4) is 0 Å². The number of carbonyl (C=O) groups excluding carboxylic acids is 2. The average Bonchev–Trinajstić information content (AvgIpc) is 3.08. The van der Waals surface area contributed by atoms with Crippen LogP contribution in [-0.2, 0) is 14.3 Å². The van der Waals surface area contributed by atoms with E-state index in [9.17, 15) is 19.7 Å². The lowest BCUT2D eigenvalue weighted by Gasteiger charge is -2.03. The van der Waals surface area contributed by atoms with Crippen molar-refractivity contribution in [3.05, 3.63) is 75.2 Å². The number of nitro groups is 1. The molecule has 0 spiro atoms. The van der Waals surface area contributed by atoms with E-state index in [1.54, 1.807) is 12.1 Å². The second-order valence-electron chi connectivity index (χ2n) is 5.64. The van der Waals surface area contributed by atoms with Gasteiger partial charge in [-0.2, -0.15) is 5.10 Å². The molecule has 0 aromatic heterocycles. The summed E-state index contributed by atoms with van der Waals surface area (Å²) in [5.74, 6) is -1.14. The number of amides is 1. The maximum atomic E-state index is 11.8. The Kier molecular flexibility index (Phi) is 6.99. The fourth-order valence-corrected chi connectivity index (χ4v) is 3.91. The normalized spacial score (nSPS) is 16.2. The first-order valence-electron chi connectivity index (χ1n) is 8.37. The summed E-state index contributed by atoms with van der Waals surface area (Å²) in [5, 5.41) is 21.8. The minimum Gasteiger partial charge on any atom is -0.466 e. The van der Waals surface area contributed by atoms with Gasteiger partial charge in [-0.3, -0.25) is 20.2 Å². The lowest BCUT2D eigenvalue weighted by molar-refractivity contribution is -0.387. The molecule has 30 heavy (non-hydrogen) atoms. The van der Waals surface area contributed by atoms with Gasteiger partial charge in [-0.25, -0.2) is 4.79 Å². The van der Waals surface area contributed by atoms with E-state index < -0.39 is 16.8 Å². The fraction of sp³-hybridized carbons (Fsp3) is 0.0526. The van der Waals surface area contributed by atoms with Crippen molar-refractivity contribution < 1.29 is 19.2 Å². The monoisotopic (exact) mass is 442 g/mol. The van der Waals surface area contributed by atoms with Crippen LogP contribution in [0.4, 0.5) is 5.69 Å². The highest BCUT2D eigenvalue weighted by molar-refractivity contribution is 8.18. The lowest BCUT2D eigenvalue weighted by atomic mass is 10.2. The molecule has 0 atom stereocenters. The average molecular weight is 442 g/mol. The maximum absolute atomic E-state index is 11.8. The molecule has 9 nitrogen and oxygen atoms in total. The first-order chi connectivity index (χ1) is 14.5. The van der Waals surface area contributed by atoms with E-state index in [1.807, 2.05) is 30.3 Å². The van der Waals surface area contributed by atoms with E-state index in [1.165, 1.54) is 31.2 Å². The summed E-state index contributed by atoms with van der Waals surface area (Å²) in [7, 11) is 1.21. The van der Waals surface area contributed by atoms with Crippen LogP contribution >= 0.6 is 23.5 Å². The van der Waals surface area contributed by atoms with Crippen LogP contribution in [0.25, 0.3) is 0 Å². The topological polar surface area (TPSA) is 123 Å². The Hall–Kier alpha value is -3.44. The molecular weight excluding hydrogens is 428 g/mol. The van der Waals surface area contributed by atoms with Crippen molar-refractivity contribution >= 4 is 52.5 Å². The van der Waals surface area contributed by atoms with Gasteiger partial charge in [0.15, 0.2) is 5.17 Å². The van der Waals surface area contributed by atoms with Crippen LogP contribution < -0.4 is 5.32 Å². The Labute approximate surface area is 179 Å². The molecule has 3 rings (SSSR count). The zero-order valence-corrected chi connectivity index (χ0v) is 17.1. The van der Waals surface area contributed by atoms with Crippen molar-refractivity contribution in [1.82, 2.24) is 5.32 Å². The maximum Gasteiger partial charge on any atom is 0.331 e. The van der Waals surface area contributed by atoms with Gasteiger partial charge in [-0.05, 0) is 30.0 Å². The highest BCUT2D eigenvalue weighted by Crippen LogP contribution is 2.35. The van der Waals surface area contributed by atoms with Gasteiger partial charge in [0.05, 0.1) is 28.0 Å². The first kappa shape index (κ1) is 21.3. The number of esters is 1. The smallest absolute Gasteiger partial charge is 0.331 e. The molecule has 1 fully saturated rings. The number of hydrogen-bond acceptors (Lipinski definition) is 9. The lowest BCUT2D eigenvalue weighted by Crippen LogP contribution is -2.19. The van der Waals surface area contributed by atoms with E-state index in [0.29, 0.717) is 10.5 Å². The number of carbonyl (C=O) groups is 2. The van der Waals surface area contributed by atoms with Crippen LogP contribution in [0.15, 0.2) is 79.5 Å². The van der Waals surface area contributed by atoms with E-state index in [-0.39, 0.29) is 15.8 Å². The number of methoxy groups -OCH3 is 1. The molecule has 0 radical (unpaired) electrons. The van der Waals surface area contributed by atoms with E-state index >= 15 is 0 Å². The van der Waals surface area contributed by atoms with Crippen LogP contribution in [0, 0.1) is 10.1 Å². The van der Waals surface area contributed by atoms with Gasteiger partial charge < -0.3 is 4.74 Å². The molecule has 11 heteroatoms. The molecule has 1 N–H and O–H groups in total. The van der Waals surface area contributed by atoms with Crippen molar-refractivity contribution in [2.75, 3.05) is 7.11 Å². The first-order valence-corrected chi connectivity index (χ1v) is 10.0. The third-order valence-corrected chi connectivity index (χ3v) is 5.58. The van der Waals surface area contributed by atoms with Crippen LogP contribution in [0.2, 0.25) is 0 Å². The summed E-state index contributed by atoms with van der Waals surface area (Å²) >= 11 is 2.23. The summed E-state index contributed by atoms with van der Waals surface area (Å²) in [5.41, 5.74) is 0.426. The molecule has 1 amide bonds. The summed E-state index contributed by atoms with van der Waals surface area (Å²) in [4.78, 5) is 35.5. The molecule has 152 valence electrons. The molecule has 0 saturated carbocycles. The second kappa shape index (κ2) is 9.85. The Morgan fingerprint density at radius 1 is 1.27 bits per heavy atom. The molecular formula is C19H14N4O5S2. The van der Waals surface area contributed by atoms with E-state index in [4.69, 9.17) is 0 Å². The van der Waals surface area contributed by atoms with Crippen molar-refractivity contribution in [2.45, 2.75) is 9.79 Å². The Bertz CT molecular complexity index is 1080. The number of rotatable bonds is 6. The van der Waals surface area contributed by atoms with Gasteiger partial charge >= 0.3 is 5.97 Å². The summed E-state index contributed by atoms with van der Waals surface area (Å²) in [6, 6.07) is 14.1. The van der Waals surface area contributed by atoms with Crippen LogP contribution in [0.5, 0.6) is 0 Å². The van der Waals surface area contributed by atoms with Gasteiger partial charge in [-0.15, -0.1) is 5.10 Å². The second-order valence-corrected chi connectivity index (χ2v) is 7.78. The molecule has 2 aromatic rings. The molecule has 2 aromatic carbocycles. The van der Waals surface area contributed by atoms with Gasteiger partial charge in [0.25, 0.3) is 11.6 Å². The Morgan fingerprint density at radius 3 is 2.73 bits per heavy atom.